The van der Waals surface area contributed by atoms with E-state index in [0.29, 0.717) is 27.8 Å². The maximum atomic E-state index is 13.2. The number of nitrogens with one attached hydrogen (secondary N) is 1. The first-order valence-electron chi connectivity index (χ1n) is 10.7. The molecule has 5 nitrogen and oxygen atoms in total. The molecule has 5 heteroatoms. The molecule has 1 aromatic heterocycles. The van der Waals surface area contributed by atoms with E-state index in [0.717, 1.165) is 12.8 Å². The van der Waals surface area contributed by atoms with Crippen molar-refractivity contribution in [1.82, 2.24) is 9.88 Å². The molecule has 0 aliphatic rings. The lowest BCUT2D eigenvalue weighted by molar-refractivity contribution is 0.0939. The lowest BCUT2D eigenvalue weighted by atomic mass is 10.0. The Morgan fingerprint density at radius 3 is 2.44 bits per heavy atom. The van der Waals surface area contributed by atoms with Gasteiger partial charge in [-0.3, -0.25) is 14.2 Å². The Balaban J connectivity index is 1.66. The minimum absolute atomic E-state index is 0.0151. The van der Waals surface area contributed by atoms with Crippen LogP contribution in [0.25, 0.3) is 16.5 Å². The van der Waals surface area contributed by atoms with Gasteiger partial charge in [0.15, 0.2) is 0 Å². The molecular weight excluding hydrogens is 400 g/mol. The van der Waals surface area contributed by atoms with Crippen LogP contribution < -0.4 is 15.6 Å². The monoisotopic (exact) mass is 426 g/mol. The summed E-state index contributed by atoms with van der Waals surface area (Å²) >= 11 is 0. The normalized spacial score (nSPS) is 11.8. The summed E-state index contributed by atoms with van der Waals surface area (Å²) in [4.78, 5) is 26.4. The van der Waals surface area contributed by atoms with Gasteiger partial charge in [0.05, 0.1) is 18.4 Å². The minimum Gasteiger partial charge on any atom is -0.497 e. The van der Waals surface area contributed by atoms with Gasteiger partial charge in [0.2, 0.25) is 0 Å². The van der Waals surface area contributed by atoms with E-state index < -0.39 is 0 Å². The first kappa shape index (κ1) is 21.4. The van der Waals surface area contributed by atoms with Crippen molar-refractivity contribution in [2.24, 2.45) is 0 Å². The Kier molecular flexibility index (Phi) is 6.36. The van der Waals surface area contributed by atoms with Crippen LogP contribution >= 0.6 is 0 Å². The van der Waals surface area contributed by atoms with Crippen molar-refractivity contribution in [3.63, 3.8) is 0 Å². The lowest BCUT2D eigenvalue weighted by Gasteiger charge is -2.17. The van der Waals surface area contributed by atoms with Crippen LogP contribution in [0.15, 0.2) is 89.9 Å². The molecule has 0 radical (unpaired) electrons. The Hall–Kier alpha value is -3.86. The number of fused-ring (bicyclic) bond motifs is 1. The number of rotatable bonds is 7. The molecule has 0 bridgehead atoms. The second-order valence-corrected chi connectivity index (χ2v) is 7.86. The van der Waals surface area contributed by atoms with E-state index in [-0.39, 0.29) is 17.5 Å². The average molecular weight is 427 g/mol. The molecule has 0 aliphatic carbocycles. The number of nitrogens with zero attached hydrogens (tertiary/aromatic N) is 1. The highest BCUT2D eigenvalue weighted by atomic mass is 16.5. The largest absolute Gasteiger partial charge is 0.497 e. The van der Waals surface area contributed by atoms with E-state index in [9.17, 15) is 9.59 Å². The van der Waals surface area contributed by atoms with Crippen LogP contribution in [0.5, 0.6) is 5.75 Å². The van der Waals surface area contributed by atoms with Crippen molar-refractivity contribution >= 4 is 16.7 Å². The van der Waals surface area contributed by atoms with Crippen LogP contribution in [0.2, 0.25) is 0 Å². The van der Waals surface area contributed by atoms with Gasteiger partial charge in [-0.15, -0.1) is 0 Å². The van der Waals surface area contributed by atoms with Crippen LogP contribution in [0.1, 0.15) is 29.3 Å². The van der Waals surface area contributed by atoms with Crippen molar-refractivity contribution < 1.29 is 9.53 Å². The summed E-state index contributed by atoms with van der Waals surface area (Å²) in [6, 6.07) is 24.7. The number of ether oxygens (including phenoxy) is 1. The van der Waals surface area contributed by atoms with Gasteiger partial charge in [0.1, 0.15) is 5.75 Å². The Bertz CT molecular complexity index is 1300. The number of hydrogen-bond acceptors (Lipinski definition) is 3. The van der Waals surface area contributed by atoms with E-state index in [2.05, 4.69) is 17.4 Å². The molecule has 0 spiro atoms. The number of benzene rings is 3. The quantitative estimate of drug-likeness (QED) is 0.464. The Labute approximate surface area is 187 Å². The summed E-state index contributed by atoms with van der Waals surface area (Å²) in [5.41, 5.74) is 2.18. The zero-order valence-corrected chi connectivity index (χ0v) is 18.2. The first-order valence-corrected chi connectivity index (χ1v) is 10.7. The zero-order chi connectivity index (χ0) is 22.5. The number of hydrogen-bond donors (Lipinski definition) is 1. The van der Waals surface area contributed by atoms with E-state index in [1.54, 1.807) is 25.4 Å². The second kappa shape index (κ2) is 9.52. The molecule has 4 rings (SSSR count). The van der Waals surface area contributed by atoms with Crippen LogP contribution in [0.4, 0.5) is 0 Å². The fourth-order valence-electron chi connectivity index (χ4n) is 3.83. The predicted octanol–water partition coefficient (Wildman–Crippen LogP) is 4.75. The number of aromatic nitrogens is 1. The summed E-state index contributed by atoms with van der Waals surface area (Å²) < 4.78 is 6.81. The fraction of sp³-hybridized carbons (Fsp3) is 0.185. The topological polar surface area (TPSA) is 60.3 Å². The molecule has 1 N–H and O–H groups in total. The molecular formula is C27H26N2O3. The summed E-state index contributed by atoms with van der Waals surface area (Å²) in [5.74, 6) is 0.446. The van der Waals surface area contributed by atoms with Crippen LogP contribution in [0.3, 0.4) is 0 Å². The van der Waals surface area contributed by atoms with Crippen LogP contribution in [-0.4, -0.2) is 23.6 Å². The van der Waals surface area contributed by atoms with Crippen molar-refractivity contribution in [1.29, 1.82) is 0 Å². The van der Waals surface area contributed by atoms with Crippen LogP contribution in [0, 0.1) is 0 Å². The van der Waals surface area contributed by atoms with Gasteiger partial charge in [-0.1, -0.05) is 54.6 Å². The molecule has 1 heterocycles. The van der Waals surface area contributed by atoms with Crippen LogP contribution in [-0.2, 0) is 6.42 Å². The summed E-state index contributed by atoms with van der Waals surface area (Å²) in [7, 11) is 1.58. The molecule has 32 heavy (non-hydrogen) atoms. The molecule has 3 aromatic carbocycles. The third-order valence-corrected chi connectivity index (χ3v) is 5.59. The molecule has 1 amide bonds. The smallest absolute Gasteiger partial charge is 0.262 e. The molecule has 1 atom stereocenters. The lowest BCUT2D eigenvalue weighted by Crippen LogP contribution is -2.34. The van der Waals surface area contributed by atoms with E-state index in [1.807, 2.05) is 61.5 Å². The molecule has 0 fully saturated rings. The molecule has 0 aliphatic heterocycles. The van der Waals surface area contributed by atoms with Gasteiger partial charge in [0.25, 0.3) is 11.5 Å². The number of carbonyl (C=O) groups is 1. The number of aryl methyl sites for hydroxylation is 1. The molecule has 0 saturated carbocycles. The maximum absolute atomic E-state index is 13.2. The van der Waals surface area contributed by atoms with Crippen molar-refractivity contribution in [3.05, 3.63) is 107 Å². The third-order valence-electron chi connectivity index (χ3n) is 5.59. The van der Waals surface area contributed by atoms with Gasteiger partial charge < -0.3 is 10.1 Å². The van der Waals surface area contributed by atoms with E-state index in [4.69, 9.17) is 4.74 Å². The third kappa shape index (κ3) is 4.57. The number of methoxy groups -OCH3 is 1. The van der Waals surface area contributed by atoms with Gasteiger partial charge in [-0.05, 0) is 43.5 Å². The van der Waals surface area contributed by atoms with Gasteiger partial charge in [-0.2, -0.15) is 0 Å². The van der Waals surface area contributed by atoms with E-state index in [1.165, 1.54) is 10.1 Å². The standard InChI is InChI=1S/C27H26N2O3/c1-19(15-16-20-9-4-3-5-10-20)28-26(30)25-18-29(21-11-8-12-22(17-21)32-2)27(31)24-14-7-6-13-23(24)25/h3-14,17-19H,15-16H2,1-2H3,(H,28,30)/t19-/m1/s1. The first-order chi connectivity index (χ1) is 15.6. The minimum atomic E-state index is -0.196. The highest BCUT2D eigenvalue weighted by Crippen LogP contribution is 2.20. The summed E-state index contributed by atoms with van der Waals surface area (Å²) in [6.45, 7) is 2.00. The summed E-state index contributed by atoms with van der Waals surface area (Å²) in [5, 5.41) is 4.24. The summed E-state index contributed by atoms with van der Waals surface area (Å²) in [6.07, 6.45) is 3.33. The highest BCUT2D eigenvalue weighted by molar-refractivity contribution is 6.06. The number of amides is 1. The van der Waals surface area contributed by atoms with Crippen molar-refractivity contribution in [2.45, 2.75) is 25.8 Å². The second-order valence-electron chi connectivity index (χ2n) is 7.86. The number of pyridine rings is 1. The molecule has 4 aromatic rings. The average Bonchev–Trinajstić information content (AvgIpc) is 2.83. The highest BCUT2D eigenvalue weighted by Gasteiger charge is 2.17. The Morgan fingerprint density at radius 2 is 1.69 bits per heavy atom. The Morgan fingerprint density at radius 1 is 0.969 bits per heavy atom. The molecule has 162 valence electrons. The zero-order valence-electron chi connectivity index (χ0n) is 18.2. The molecule has 0 saturated heterocycles. The fourth-order valence-corrected chi connectivity index (χ4v) is 3.83. The van der Waals surface area contributed by atoms with Gasteiger partial charge >= 0.3 is 0 Å². The van der Waals surface area contributed by atoms with Gasteiger partial charge in [-0.25, -0.2) is 0 Å². The van der Waals surface area contributed by atoms with Gasteiger partial charge in [0, 0.05) is 29.1 Å². The molecule has 0 unspecified atom stereocenters. The van der Waals surface area contributed by atoms with E-state index >= 15 is 0 Å². The number of carbonyl (C=O) groups excluding carboxylic acids is 1. The maximum Gasteiger partial charge on any atom is 0.262 e. The van der Waals surface area contributed by atoms with Crippen molar-refractivity contribution in [2.75, 3.05) is 7.11 Å². The SMILES string of the molecule is COc1cccc(-n2cc(C(=O)N[C@H](C)CCc3ccccc3)c3ccccc3c2=O)c1. The predicted molar refractivity (Wildman–Crippen MR) is 128 cm³/mol. The van der Waals surface area contributed by atoms with Crippen molar-refractivity contribution in [3.8, 4) is 11.4 Å².